The monoisotopic (exact) mass is 551 g/mol. The van der Waals surface area contributed by atoms with E-state index in [9.17, 15) is 4.79 Å². The van der Waals surface area contributed by atoms with Gasteiger partial charge < -0.3 is 14.2 Å². The molecule has 3 aromatic rings. The van der Waals surface area contributed by atoms with Crippen LogP contribution in [-0.4, -0.2) is 33.6 Å². The molecule has 31 heavy (non-hydrogen) atoms. The summed E-state index contributed by atoms with van der Waals surface area (Å²) in [6, 6.07) is 15.1. The van der Waals surface area contributed by atoms with Crippen LogP contribution in [-0.2, 0) is 11.3 Å². The van der Waals surface area contributed by atoms with Gasteiger partial charge in [0.15, 0.2) is 6.61 Å². The fourth-order valence-corrected chi connectivity index (χ4v) is 4.24. The largest absolute Gasteiger partial charge is 0.484 e. The van der Waals surface area contributed by atoms with Crippen molar-refractivity contribution in [2.45, 2.75) is 44.7 Å². The Morgan fingerprint density at radius 1 is 1.10 bits per heavy atom. The van der Waals surface area contributed by atoms with Crippen molar-refractivity contribution in [1.29, 1.82) is 0 Å². The first kappa shape index (κ1) is 22.1. The topological polar surface area (TPSA) is 68.5 Å². The molecule has 0 N–H and O–H groups in total. The second-order valence-electron chi connectivity index (χ2n) is 7.57. The van der Waals surface area contributed by atoms with E-state index in [1.165, 1.54) is 6.42 Å². The summed E-state index contributed by atoms with van der Waals surface area (Å²) in [6.45, 7) is 0.259. The van der Waals surface area contributed by atoms with Gasteiger partial charge in [0.05, 0.1) is 0 Å². The molecule has 8 heteroatoms. The van der Waals surface area contributed by atoms with Gasteiger partial charge in [-0.05, 0) is 84.0 Å². The van der Waals surface area contributed by atoms with Crippen molar-refractivity contribution in [2.75, 3.05) is 6.61 Å². The molecule has 0 radical (unpaired) electrons. The maximum atomic E-state index is 13.1. The summed E-state index contributed by atoms with van der Waals surface area (Å²) in [7, 11) is 0. The Hall–Kier alpha value is -2.13. The van der Waals surface area contributed by atoms with Crippen LogP contribution in [0.25, 0.3) is 11.4 Å². The molecule has 1 fully saturated rings. The molecule has 2 aromatic carbocycles. The smallest absolute Gasteiger partial charge is 0.261 e. The second-order valence-corrected chi connectivity index (χ2v) is 9.26. The van der Waals surface area contributed by atoms with Crippen LogP contribution in [0.3, 0.4) is 0 Å². The number of aromatic nitrogens is 2. The van der Waals surface area contributed by atoms with E-state index < -0.39 is 0 Å². The van der Waals surface area contributed by atoms with E-state index in [1.54, 1.807) is 12.1 Å². The van der Waals surface area contributed by atoms with E-state index in [-0.39, 0.29) is 25.1 Å². The van der Waals surface area contributed by atoms with Gasteiger partial charge in [0.1, 0.15) is 12.3 Å². The highest BCUT2D eigenvalue weighted by Crippen LogP contribution is 2.25. The third-order valence-corrected chi connectivity index (χ3v) is 6.36. The zero-order chi connectivity index (χ0) is 21.6. The summed E-state index contributed by atoms with van der Waals surface area (Å²) >= 11 is 8.19. The van der Waals surface area contributed by atoms with Crippen LogP contribution in [0.1, 0.15) is 38.0 Å². The number of benzene rings is 2. The normalized spacial score (nSPS) is 14.4. The van der Waals surface area contributed by atoms with Crippen LogP contribution in [0.15, 0.2) is 53.1 Å². The molecule has 0 spiro atoms. The SMILES string of the molecule is O=C(COc1ccc(I)cc1)N(Cc1nc(-c2ccc(Cl)cc2)no1)C1CCCCC1. The molecule has 1 aliphatic rings. The number of hydrogen-bond acceptors (Lipinski definition) is 5. The highest BCUT2D eigenvalue weighted by atomic mass is 127. The maximum Gasteiger partial charge on any atom is 0.261 e. The van der Waals surface area contributed by atoms with Gasteiger partial charge in [0.25, 0.3) is 5.91 Å². The van der Waals surface area contributed by atoms with Gasteiger partial charge in [0.2, 0.25) is 11.7 Å². The summed E-state index contributed by atoms with van der Waals surface area (Å²) in [4.78, 5) is 19.4. The van der Waals surface area contributed by atoms with Gasteiger partial charge in [-0.3, -0.25) is 4.79 Å². The predicted octanol–water partition coefficient (Wildman–Crippen LogP) is 5.73. The highest BCUT2D eigenvalue weighted by Gasteiger charge is 2.27. The van der Waals surface area contributed by atoms with Crippen molar-refractivity contribution < 1.29 is 14.1 Å². The summed E-state index contributed by atoms with van der Waals surface area (Å²) < 4.78 is 12.3. The van der Waals surface area contributed by atoms with Gasteiger partial charge in [-0.1, -0.05) is 36.0 Å². The lowest BCUT2D eigenvalue weighted by Crippen LogP contribution is -2.43. The van der Waals surface area contributed by atoms with Crippen LogP contribution in [0.4, 0.5) is 0 Å². The van der Waals surface area contributed by atoms with E-state index in [2.05, 4.69) is 32.7 Å². The fourth-order valence-electron chi connectivity index (χ4n) is 3.75. The van der Waals surface area contributed by atoms with Crippen molar-refractivity contribution in [3.63, 3.8) is 0 Å². The predicted molar refractivity (Wildman–Crippen MR) is 127 cm³/mol. The highest BCUT2D eigenvalue weighted by molar-refractivity contribution is 14.1. The van der Waals surface area contributed by atoms with E-state index >= 15 is 0 Å². The number of carbonyl (C=O) groups is 1. The Morgan fingerprint density at radius 3 is 2.52 bits per heavy atom. The number of ether oxygens (including phenoxy) is 1. The number of rotatable bonds is 7. The third kappa shape index (κ3) is 5.98. The van der Waals surface area contributed by atoms with Crippen LogP contribution in [0.5, 0.6) is 5.75 Å². The molecule has 0 saturated heterocycles. The molecule has 6 nitrogen and oxygen atoms in total. The second kappa shape index (κ2) is 10.5. The van der Waals surface area contributed by atoms with Crippen LogP contribution >= 0.6 is 34.2 Å². The summed E-state index contributed by atoms with van der Waals surface area (Å²) in [5.41, 5.74) is 0.817. The van der Waals surface area contributed by atoms with E-state index in [1.807, 2.05) is 41.3 Å². The first-order valence-electron chi connectivity index (χ1n) is 10.3. The lowest BCUT2D eigenvalue weighted by molar-refractivity contribution is -0.137. The Morgan fingerprint density at radius 2 is 1.81 bits per heavy atom. The van der Waals surface area contributed by atoms with Crippen molar-refractivity contribution in [1.82, 2.24) is 15.0 Å². The first-order chi connectivity index (χ1) is 15.1. The Balaban J connectivity index is 1.46. The summed E-state index contributed by atoms with van der Waals surface area (Å²) in [5.74, 6) is 1.51. The standard InChI is InChI=1S/C23H23ClIN3O3/c24-17-8-6-16(7-9-17)23-26-21(31-27-23)14-28(19-4-2-1-3-5-19)22(29)15-30-20-12-10-18(25)11-13-20/h6-13,19H,1-5,14-15H2. The molecule has 162 valence electrons. The minimum absolute atomic E-state index is 0.0186. The maximum absolute atomic E-state index is 13.1. The molecular weight excluding hydrogens is 529 g/mol. The van der Waals surface area contributed by atoms with Crippen molar-refractivity contribution in [3.8, 4) is 17.1 Å². The number of nitrogens with zero attached hydrogens (tertiary/aromatic N) is 3. The molecule has 1 heterocycles. The molecule has 0 atom stereocenters. The minimum atomic E-state index is -0.0725. The van der Waals surface area contributed by atoms with Crippen LogP contribution in [0.2, 0.25) is 5.02 Å². The Labute approximate surface area is 200 Å². The number of carbonyl (C=O) groups excluding carboxylic acids is 1. The zero-order valence-electron chi connectivity index (χ0n) is 17.0. The average molecular weight is 552 g/mol. The fraction of sp³-hybridized carbons (Fsp3) is 0.348. The zero-order valence-corrected chi connectivity index (χ0v) is 19.9. The van der Waals surface area contributed by atoms with Gasteiger partial charge >= 0.3 is 0 Å². The number of halogens is 2. The Kier molecular flexibility index (Phi) is 7.45. The van der Waals surface area contributed by atoms with Crippen molar-refractivity contribution >= 4 is 40.1 Å². The number of amides is 1. The molecule has 1 aliphatic carbocycles. The summed E-state index contributed by atoms with van der Waals surface area (Å²) in [5, 5.41) is 4.72. The molecule has 0 unspecified atom stereocenters. The van der Waals surface area contributed by atoms with Crippen molar-refractivity contribution in [3.05, 3.63) is 63.0 Å². The van der Waals surface area contributed by atoms with E-state index in [0.717, 1.165) is 34.8 Å². The Bertz CT molecular complexity index is 1000. The van der Waals surface area contributed by atoms with Crippen LogP contribution < -0.4 is 4.74 Å². The van der Waals surface area contributed by atoms with E-state index in [0.29, 0.717) is 22.5 Å². The molecular formula is C23H23ClIN3O3. The lowest BCUT2D eigenvalue weighted by atomic mass is 9.94. The molecule has 4 rings (SSSR count). The van der Waals surface area contributed by atoms with Gasteiger partial charge in [0, 0.05) is 20.2 Å². The van der Waals surface area contributed by atoms with Gasteiger partial charge in [-0.2, -0.15) is 4.98 Å². The first-order valence-corrected chi connectivity index (χ1v) is 11.8. The molecule has 0 bridgehead atoms. The lowest BCUT2D eigenvalue weighted by Gasteiger charge is -2.33. The quantitative estimate of drug-likeness (QED) is 0.351. The molecule has 1 aromatic heterocycles. The third-order valence-electron chi connectivity index (χ3n) is 5.39. The van der Waals surface area contributed by atoms with Gasteiger partial charge in [-0.15, -0.1) is 0 Å². The number of hydrogen-bond donors (Lipinski definition) is 0. The average Bonchev–Trinajstić information content (AvgIpc) is 3.27. The van der Waals surface area contributed by atoms with Crippen LogP contribution in [0, 0.1) is 3.57 Å². The van der Waals surface area contributed by atoms with Gasteiger partial charge in [-0.25, -0.2) is 0 Å². The summed E-state index contributed by atoms with van der Waals surface area (Å²) in [6.07, 6.45) is 5.40. The minimum Gasteiger partial charge on any atom is -0.484 e. The van der Waals surface area contributed by atoms with Crippen molar-refractivity contribution in [2.24, 2.45) is 0 Å². The molecule has 0 aliphatic heterocycles. The molecule has 1 amide bonds. The molecule has 1 saturated carbocycles. The van der Waals surface area contributed by atoms with E-state index in [4.69, 9.17) is 20.9 Å².